The topological polar surface area (TPSA) is 145 Å². The van der Waals surface area contributed by atoms with E-state index in [1.165, 1.54) is 18.2 Å². The Morgan fingerprint density at radius 1 is 0.964 bits per heavy atom. The highest BCUT2D eigenvalue weighted by molar-refractivity contribution is 5.99. The van der Waals surface area contributed by atoms with E-state index in [0.29, 0.717) is 37.4 Å². The van der Waals surface area contributed by atoms with E-state index in [1.54, 1.807) is 6.07 Å². The first-order valence-corrected chi connectivity index (χ1v) is 17.9. The molecule has 3 amide bonds. The van der Waals surface area contributed by atoms with Crippen molar-refractivity contribution in [2.24, 2.45) is 17.6 Å². The number of aryl methyl sites for hydroxylation is 1. The average molecular weight is 792 g/mol. The fraction of sp³-hybridized carbons (Fsp3) is 0.436. The Balaban J connectivity index is 0.00000673. The summed E-state index contributed by atoms with van der Waals surface area (Å²) in [6, 6.07) is 15.7. The summed E-state index contributed by atoms with van der Waals surface area (Å²) in [6.07, 6.45) is -2.04. The van der Waals surface area contributed by atoms with Gasteiger partial charge in [0.2, 0.25) is 11.8 Å². The molecule has 0 spiro atoms. The molecule has 0 radical (unpaired) electrons. The van der Waals surface area contributed by atoms with E-state index in [9.17, 15) is 36.3 Å². The number of alkyl halides is 5. The molecule has 298 valence electrons. The van der Waals surface area contributed by atoms with Gasteiger partial charge in [-0.3, -0.25) is 14.4 Å². The molecule has 0 aliphatic heterocycles. The normalized spacial score (nSPS) is 16.7. The zero-order valence-electron chi connectivity index (χ0n) is 30.9. The van der Waals surface area contributed by atoms with Crippen LogP contribution >= 0.6 is 12.4 Å². The third-order valence-corrected chi connectivity index (χ3v) is 9.85. The van der Waals surface area contributed by atoms with Crippen LogP contribution in [0.5, 0.6) is 0 Å². The van der Waals surface area contributed by atoms with Crippen molar-refractivity contribution in [1.29, 1.82) is 0 Å². The zero-order valence-corrected chi connectivity index (χ0v) is 31.7. The summed E-state index contributed by atoms with van der Waals surface area (Å²) in [5.41, 5.74) is 9.64. The molecule has 1 saturated carbocycles. The lowest BCUT2D eigenvalue weighted by Gasteiger charge is -2.28. The van der Waals surface area contributed by atoms with Crippen molar-refractivity contribution in [3.63, 3.8) is 0 Å². The fourth-order valence-electron chi connectivity index (χ4n) is 6.64. The zero-order chi connectivity index (χ0) is 39.2. The minimum absolute atomic E-state index is 0. The van der Waals surface area contributed by atoms with E-state index >= 15 is 0 Å². The van der Waals surface area contributed by atoms with Crippen molar-refractivity contribution in [3.05, 3.63) is 83.2 Å². The van der Waals surface area contributed by atoms with Crippen LogP contribution in [-0.2, 0) is 21.9 Å². The number of nitrogens with zero attached hydrogens (tertiary/aromatic N) is 2. The Morgan fingerprint density at radius 2 is 1.65 bits per heavy atom. The van der Waals surface area contributed by atoms with Crippen LogP contribution in [0, 0.1) is 18.8 Å². The van der Waals surface area contributed by atoms with Crippen molar-refractivity contribution < 1.29 is 36.3 Å². The number of halogens is 6. The molecular formula is C39H47ClF5N7O3. The number of anilines is 1. The van der Waals surface area contributed by atoms with E-state index in [4.69, 9.17) is 5.73 Å². The van der Waals surface area contributed by atoms with Gasteiger partial charge in [0.15, 0.2) is 5.82 Å². The number of imidazole rings is 1. The van der Waals surface area contributed by atoms with Crippen LogP contribution in [0.4, 0.5) is 27.6 Å². The lowest BCUT2D eigenvalue weighted by atomic mass is 9.81. The van der Waals surface area contributed by atoms with Gasteiger partial charge in [-0.15, -0.1) is 12.4 Å². The predicted molar refractivity (Wildman–Crippen MR) is 204 cm³/mol. The first-order valence-electron chi connectivity index (χ1n) is 17.9. The standard InChI is InChI=1S/C39H46F5N7O3.ClH/c1-23-19-28(34(52)46-17-4-18-51(2)3)13-15-30(23)26-9-5-24(6-10-26)20-33(48-35(53)27-11-7-25(22-45)8-12-27)36(54)47-29-14-16-31-32(21-29)50-37(49-31)38(40,41)39(42,43)44;/h5-6,9-10,13-16,19,21,25,27,33H,4,7-8,11-12,17-18,20,22,45H2,1-3H3,(H,46,52)(H,47,54)(H,48,53)(H,49,50);1H/t25?,27?,33-;/m0./s1. The molecule has 55 heavy (non-hydrogen) atoms. The van der Waals surface area contributed by atoms with Crippen LogP contribution in [0.2, 0.25) is 0 Å². The second-order valence-electron chi connectivity index (χ2n) is 14.2. The van der Waals surface area contributed by atoms with Gasteiger partial charge in [-0.05, 0) is 125 Å². The molecule has 1 aliphatic carbocycles. The number of H-pyrrole nitrogens is 1. The molecule has 0 unspecified atom stereocenters. The lowest BCUT2D eigenvalue weighted by Crippen LogP contribution is -2.48. The number of nitrogens with two attached hydrogens (primary N) is 1. The lowest BCUT2D eigenvalue weighted by molar-refractivity contribution is -0.292. The molecule has 1 aromatic heterocycles. The quantitative estimate of drug-likeness (QED) is 0.0708. The van der Waals surface area contributed by atoms with Gasteiger partial charge < -0.3 is 31.6 Å². The molecule has 3 aromatic carbocycles. The molecule has 1 heterocycles. The summed E-state index contributed by atoms with van der Waals surface area (Å²) in [5, 5.41) is 8.51. The molecule has 5 rings (SSSR count). The Labute approximate surface area is 322 Å². The van der Waals surface area contributed by atoms with Gasteiger partial charge in [-0.1, -0.05) is 30.3 Å². The van der Waals surface area contributed by atoms with E-state index in [2.05, 4.69) is 25.8 Å². The fourth-order valence-corrected chi connectivity index (χ4v) is 6.64. The largest absolute Gasteiger partial charge is 0.461 e. The second kappa shape index (κ2) is 18.4. The van der Waals surface area contributed by atoms with Crippen LogP contribution in [0.3, 0.4) is 0 Å². The monoisotopic (exact) mass is 791 g/mol. The molecule has 1 fully saturated rings. The number of nitrogens with one attached hydrogen (secondary N) is 4. The van der Waals surface area contributed by atoms with Crippen molar-refractivity contribution in [2.75, 3.05) is 39.0 Å². The summed E-state index contributed by atoms with van der Waals surface area (Å²) >= 11 is 0. The van der Waals surface area contributed by atoms with Gasteiger partial charge in [0.05, 0.1) is 11.0 Å². The van der Waals surface area contributed by atoms with Crippen molar-refractivity contribution in [2.45, 2.75) is 63.6 Å². The molecule has 0 bridgehead atoms. The summed E-state index contributed by atoms with van der Waals surface area (Å²) in [7, 11) is 3.96. The number of fused-ring (bicyclic) bond motifs is 1. The maximum atomic E-state index is 13.9. The highest BCUT2D eigenvalue weighted by Gasteiger charge is 2.61. The Morgan fingerprint density at radius 3 is 2.27 bits per heavy atom. The number of carbonyl (C=O) groups excluding carboxylic acids is 3. The predicted octanol–water partition coefficient (Wildman–Crippen LogP) is 6.73. The van der Waals surface area contributed by atoms with E-state index in [0.717, 1.165) is 48.1 Å². The average Bonchev–Trinajstić information content (AvgIpc) is 3.57. The number of hydrogen-bond donors (Lipinski definition) is 5. The maximum absolute atomic E-state index is 13.9. The minimum Gasteiger partial charge on any atom is -0.352 e. The molecular weight excluding hydrogens is 745 g/mol. The second-order valence-corrected chi connectivity index (χ2v) is 14.2. The molecule has 16 heteroatoms. The van der Waals surface area contributed by atoms with Crippen LogP contribution in [0.25, 0.3) is 22.2 Å². The van der Waals surface area contributed by atoms with Gasteiger partial charge in [-0.2, -0.15) is 22.0 Å². The smallest absolute Gasteiger partial charge is 0.352 e. The number of amides is 3. The van der Waals surface area contributed by atoms with Crippen LogP contribution < -0.4 is 21.7 Å². The van der Waals surface area contributed by atoms with Crippen LogP contribution in [0.15, 0.2) is 60.7 Å². The summed E-state index contributed by atoms with van der Waals surface area (Å²) in [5.74, 6) is -7.75. The summed E-state index contributed by atoms with van der Waals surface area (Å²) < 4.78 is 66.7. The number of aromatic amines is 1. The van der Waals surface area contributed by atoms with Crippen LogP contribution in [-0.4, -0.2) is 78.5 Å². The first-order chi connectivity index (χ1) is 25.5. The number of rotatable bonds is 14. The highest BCUT2D eigenvalue weighted by atomic mass is 35.5. The number of benzene rings is 3. The van der Waals surface area contributed by atoms with Crippen molar-refractivity contribution in [3.8, 4) is 11.1 Å². The number of carbonyl (C=O) groups is 3. The Kier molecular flexibility index (Phi) is 14.4. The molecule has 4 aromatic rings. The SMILES string of the molecule is Cc1cc(C(=O)NCCCN(C)C)ccc1-c1ccc(C[C@H](NC(=O)C2CCC(CN)CC2)C(=O)Nc2ccc3[nH]c(C(F)(F)C(F)(F)F)nc3c2)cc1.Cl. The molecule has 1 aliphatic rings. The van der Waals surface area contributed by atoms with Gasteiger partial charge in [0, 0.05) is 30.1 Å². The van der Waals surface area contributed by atoms with Gasteiger partial charge in [0.25, 0.3) is 5.91 Å². The molecule has 0 saturated heterocycles. The highest BCUT2D eigenvalue weighted by Crippen LogP contribution is 2.43. The summed E-state index contributed by atoms with van der Waals surface area (Å²) in [4.78, 5) is 47.3. The van der Waals surface area contributed by atoms with E-state index in [-0.39, 0.29) is 53.3 Å². The van der Waals surface area contributed by atoms with Gasteiger partial charge >= 0.3 is 12.1 Å². The Bertz CT molecular complexity index is 1940. The molecule has 6 N–H and O–H groups in total. The first kappa shape index (κ1) is 43.1. The van der Waals surface area contributed by atoms with E-state index < -0.39 is 29.9 Å². The number of hydrogen-bond acceptors (Lipinski definition) is 6. The van der Waals surface area contributed by atoms with Crippen LogP contribution in [0.1, 0.15) is 59.4 Å². The van der Waals surface area contributed by atoms with Crippen molar-refractivity contribution in [1.82, 2.24) is 25.5 Å². The van der Waals surface area contributed by atoms with Gasteiger partial charge in [-0.25, -0.2) is 4.98 Å². The third-order valence-electron chi connectivity index (χ3n) is 9.85. The van der Waals surface area contributed by atoms with E-state index in [1.807, 2.05) is 62.4 Å². The molecule has 1 atom stereocenters. The molecule has 10 nitrogen and oxygen atoms in total. The Hall–Kier alpha value is -4.60. The minimum atomic E-state index is -5.85. The number of aromatic nitrogens is 2. The summed E-state index contributed by atoms with van der Waals surface area (Å²) in [6.45, 7) is 3.90. The van der Waals surface area contributed by atoms with Gasteiger partial charge in [0.1, 0.15) is 6.04 Å². The third kappa shape index (κ3) is 10.8. The maximum Gasteiger partial charge on any atom is 0.461 e. The van der Waals surface area contributed by atoms with Crippen molar-refractivity contribution >= 4 is 46.8 Å².